The van der Waals surface area contributed by atoms with E-state index >= 15 is 0 Å². The highest BCUT2D eigenvalue weighted by Crippen LogP contribution is 2.17. The molecule has 0 aromatic rings. The first kappa shape index (κ1) is 66.1. The number of carbonyl (C=O) groups is 2. The number of aliphatic hydroxyl groups is 2. The predicted octanol–water partition coefficient (Wildman–Crippen LogP) is 18.8. The molecule has 2 atom stereocenters. The van der Waals surface area contributed by atoms with E-state index < -0.39 is 12.1 Å². The summed E-state index contributed by atoms with van der Waals surface area (Å²) in [5, 5.41) is 23.1. The Labute approximate surface area is 424 Å². The Morgan fingerprint density at radius 3 is 1.19 bits per heavy atom. The summed E-state index contributed by atoms with van der Waals surface area (Å²) in [6.45, 7) is 4.88. The SMILES string of the molecule is CCC/C=C\C/C=C\CCCCCCCC(=O)OCCCCCCCCCCCCCC/C=C\CCCCCCCCCCCCCCC(=O)NC(CO)C(O)CCCCCCCCCCCC. The third-order valence-electron chi connectivity index (χ3n) is 13.9. The number of amides is 1. The molecule has 0 saturated heterocycles. The summed E-state index contributed by atoms with van der Waals surface area (Å²) < 4.78 is 5.47. The maximum absolute atomic E-state index is 12.4. The number of hydrogen-bond donors (Lipinski definition) is 3. The minimum Gasteiger partial charge on any atom is -0.466 e. The van der Waals surface area contributed by atoms with Gasteiger partial charge in [-0.2, -0.15) is 0 Å². The Hall–Kier alpha value is -1.92. The van der Waals surface area contributed by atoms with Crippen molar-refractivity contribution in [1.29, 1.82) is 0 Å². The zero-order valence-electron chi connectivity index (χ0n) is 45.6. The molecule has 0 saturated carbocycles. The summed E-state index contributed by atoms with van der Waals surface area (Å²) in [5.74, 6) is -0.0360. The van der Waals surface area contributed by atoms with Gasteiger partial charge in [-0.3, -0.25) is 9.59 Å². The number of esters is 1. The van der Waals surface area contributed by atoms with Crippen LogP contribution in [0.5, 0.6) is 0 Å². The number of unbranched alkanes of at least 4 members (excludes halogenated alkanes) is 39. The van der Waals surface area contributed by atoms with Gasteiger partial charge in [0.15, 0.2) is 0 Å². The number of rotatable bonds is 56. The van der Waals surface area contributed by atoms with Gasteiger partial charge in [0.1, 0.15) is 0 Å². The van der Waals surface area contributed by atoms with E-state index in [1.54, 1.807) is 0 Å². The van der Waals surface area contributed by atoms with Crippen molar-refractivity contribution in [1.82, 2.24) is 5.32 Å². The van der Waals surface area contributed by atoms with Gasteiger partial charge in [0.25, 0.3) is 0 Å². The van der Waals surface area contributed by atoms with Gasteiger partial charge < -0.3 is 20.3 Å². The highest BCUT2D eigenvalue weighted by Gasteiger charge is 2.20. The van der Waals surface area contributed by atoms with E-state index in [0.29, 0.717) is 25.9 Å². The van der Waals surface area contributed by atoms with E-state index in [1.807, 2.05) is 0 Å². The van der Waals surface area contributed by atoms with Crippen LogP contribution in [0.2, 0.25) is 0 Å². The molecule has 0 spiro atoms. The maximum Gasteiger partial charge on any atom is 0.305 e. The molecule has 0 aliphatic rings. The molecule has 0 aromatic heterocycles. The van der Waals surface area contributed by atoms with E-state index in [0.717, 1.165) is 51.4 Å². The van der Waals surface area contributed by atoms with Crippen LogP contribution >= 0.6 is 0 Å². The lowest BCUT2D eigenvalue weighted by atomic mass is 10.0. The standard InChI is InChI=1S/C62H117NO5/c1-3-5-7-9-11-13-15-32-36-40-44-48-52-56-62(67)68-57-53-49-45-41-37-34-31-29-27-25-23-21-19-17-16-18-20-22-24-26-28-30-33-35-39-43-47-51-55-61(66)63-59(58-64)60(65)54-50-46-42-38-14-12-10-8-6-4-2/h7,9,13,15-17,59-60,64-65H,3-6,8,10-12,14,18-58H2,1-2H3,(H,63,66)/b9-7-,15-13-,17-16-. The Bertz CT molecular complexity index is 1100. The lowest BCUT2D eigenvalue weighted by molar-refractivity contribution is -0.143. The molecule has 400 valence electrons. The maximum atomic E-state index is 12.4. The number of ether oxygens (including phenoxy) is 1. The second-order valence-electron chi connectivity index (χ2n) is 20.7. The highest BCUT2D eigenvalue weighted by atomic mass is 16.5. The van der Waals surface area contributed by atoms with Gasteiger partial charge in [-0.15, -0.1) is 0 Å². The smallest absolute Gasteiger partial charge is 0.305 e. The summed E-state index contributed by atoms with van der Waals surface area (Å²) >= 11 is 0. The summed E-state index contributed by atoms with van der Waals surface area (Å²) in [6.07, 6.45) is 71.6. The lowest BCUT2D eigenvalue weighted by Crippen LogP contribution is -2.45. The van der Waals surface area contributed by atoms with Crippen molar-refractivity contribution in [3.05, 3.63) is 36.5 Å². The fourth-order valence-corrected chi connectivity index (χ4v) is 9.26. The van der Waals surface area contributed by atoms with Gasteiger partial charge in [0.05, 0.1) is 25.4 Å². The van der Waals surface area contributed by atoms with Crippen LogP contribution in [-0.4, -0.2) is 47.4 Å². The first-order valence-corrected chi connectivity index (χ1v) is 30.2. The third-order valence-corrected chi connectivity index (χ3v) is 13.9. The van der Waals surface area contributed by atoms with Crippen molar-refractivity contribution >= 4 is 11.9 Å². The molecule has 0 aliphatic carbocycles. The summed E-state index contributed by atoms with van der Waals surface area (Å²) in [5.41, 5.74) is 0. The van der Waals surface area contributed by atoms with Crippen molar-refractivity contribution < 1.29 is 24.5 Å². The van der Waals surface area contributed by atoms with Crippen LogP contribution < -0.4 is 5.32 Å². The lowest BCUT2D eigenvalue weighted by Gasteiger charge is -2.22. The Kier molecular flexibility index (Phi) is 56.0. The van der Waals surface area contributed by atoms with Crippen molar-refractivity contribution in [3.63, 3.8) is 0 Å². The van der Waals surface area contributed by atoms with Crippen LogP contribution in [0.3, 0.4) is 0 Å². The van der Waals surface area contributed by atoms with Crippen LogP contribution in [0.1, 0.15) is 322 Å². The van der Waals surface area contributed by atoms with Crippen molar-refractivity contribution in [2.75, 3.05) is 13.2 Å². The largest absolute Gasteiger partial charge is 0.466 e. The highest BCUT2D eigenvalue weighted by molar-refractivity contribution is 5.76. The molecule has 0 aromatic carbocycles. The molecule has 0 fully saturated rings. The van der Waals surface area contributed by atoms with Gasteiger partial charge in [-0.1, -0.05) is 269 Å². The Morgan fingerprint density at radius 1 is 0.412 bits per heavy atom. The monoisotopic (exact) mass is 956 g/mol. The Balaban J connectivity index is 3.36. The van der Waals surface area contributed by atoms with Crippen molar-refractivity contribution in [2.45, 2.75) is 334 Å². The minimum absolute atomic E-state index is 0.000161. The van der Waals surface area contributed by atoms with E-state index in [4.69, 9.17) is 4.74 Å². The molecule has 3 N–H and O–H groups in total. The number of allylic oxidation sites excluding steroid dienone is 6. The quantitative estimate of drug-likeness (QED) is 0.0321. The van der Waals surface area contributed by atoms with Crippen LogP contribution in [0, 0.1) is 0 Å². The molecule has 68 heavy (non-hydrogen) atoms. The van der Waals surface area contributed by atoms with E-state index in [2.05, 4.69) is 55.6 Å². The summed E-state index contributed by atoms with van der Waals surface area (Å²) in [4.78, 5) is 24.4. The molecule has 0 heterocycles. The zero-order chi connectivity index (χ0) is 49.3. The number of carbonyl (C=O) groups excluding carboxylic acids is 2. The van der Waals surface area contributed by atoms with Crippen LogP contribution in [0.4, 0.5) is 0 Å². The van der Waals surface area contributed by atoms with Gasteiger partial charge >= 0.3 is 5.97 Å². The van der Waals surface area contributed by atoms with Crippen molar-refractivity contribution in [2.24, 2.45) is 0 Å². The number of hydrogen-bond acceptors (Lipinski definition) is 5. The summed E-state index contributed by atoms with van der Waals surface area (Å²) in [6, 6.07) is -0.539. The zero-order valence-corrected chi connectivity index (χ0v) is 45.6. The first-order chi connectivity index (χ1) is 33.5. The predicted molar refractivity (Wildman–Crippen MR) is 296 cm³/mol. The van der Waals surface area contributed by atoms with Gasteiger partial charge in [-0.05, 0) is 77.0 Å². The molecule has 6 heteroatoms. The fourth-order valence-electron chi connectivity index (χ4n) is 9.26. The second-order valence-corrected chi connectivity index (χ2v) is 20.7. The molecule has 2 unspecified atom stereocenters. The Morgan fingerprint density at radius 2 is 0.765 bits per heavy atom. The van der Waals surface area contributed by atoms with E-state index in [1.165, 1.54) is 238 Å². The normalized spacial score (nSPS) is 12.8. The average molecular weight is 957 g/mol. The van der Waals surface area contributed by atoms with Crippen LogP contribution in [-0.2, 0) is 14.3 Å². The topological polar surface area (TPSA) is 95.9 Å². The van der Waals surface area contributed by atoms with Crippen LogP contribution in [0.15, 0.2) is 36.5 Å². The molecular weight excluding hydrogens is 839 g/mol. The first-order valence-electron chi connectivity index (χ1n) is 30.2. The van der Waals surface area contributed by atoms with Crippen molar-refractivity contribution in [3.8, 4) is 0 Å². The summed E-state index contributed by atoms with van der Waals surface area (Å²) in [7, 11) is 0. The number of aliphatic hydroxyl groups excluding tert-OH is 2. The molecule has 6 nitrogen and oxygen atoms in total. The average Bonchev–Trinajstić information content (AvgIpc) is 3.34. The minimum atomic E-state index is -0.662. The molecule has 1 amide bonds. The van der Waals surface area contributed by atoms with Gasteiger partial charge in [-0.25, -0.2) is 0 Å². The molecule has 0 bridgehead atoms. The fraction of sp³-hybridized carbons (Fsp3) is 0.871. The van der Waals surface area contributed by atoms with E-state index in [9.17, 15) is 19.8 Å². The van der Waals surface area contributed by atoms with Gasteiger partial charge in [0, 0.05) is 12.8 Å². The molecule has 0 aliphatic heterocycles. The molecule has 0 rings (SSSR count). The van der Waals surface area contributed by atoms with Gasteiger partial charge in [0.2, 0.25) is 5.91 Å². The van der Waals surface area contributed by atoms with Crippen LogP contribution in [0.25, 0.3) is 0 Å². The third kappa shape index (κ3) is 53.4. The molecular formula is C62H117NO5. The van der Waals surface area contributed by atoms with E-state index in [-0.39, 0.29) is 18.5 Å². The molecule has 0 radical (unpaired) electrons. The number of nitrogens with one attached hydrogen (secondary N) is 1. The second kappa shape index (κ2) is 57.7.